The molecule has 1 fully saturated rings. The molecule has 1 aliphatic carbocycles. The number of benzene rings is 2. The van der Waals surface area contributed by atoms with Crippen LogP contribution >= 0.6 is 0 Å². The first-order valence-electron chi connectivity index (χ1n) is 11.4. The summed E-state index contributed by atoms with van der Waals surface area (Å²) in [6.45, 7) is 13.2. The highest BCUT2D eigenvalue weighted by Crippen LogP contribution is 2.41. The summed E-state index contributed by atoms with van der Waals surface area (Å²) in [5, 5.41) is 0. The average Bonchev–Trinajstić information content (AvgIpc) is 2.77. The third-order valence-corrected chi connectivity index (χ3v) is 6.71. The van der Waals surface area contributed by atoms with Gasteiger partial charge in [0, 0.05) is 37.6 Å². The van der Waals surface area contributed by atoms with Gasteiger partial charge in [-0.25, -0.2) is 0 Å². The van der Waals surface area contributed by atoms with Crippen LogP contribution in [0.25, 0.3) is 0 Å². The zero-order valence-corrected chi connectivity index (χ0v) is 18.3. The van der Waals surface area contributed by atoms with E-state index in [1.165, 1.54) is 48.2 Å². The van der Waals surface area contributed by atoms with Crippen molar-refractivity contribution in [2.45, 2.75) is 65.2 Å². The first kappa shape index (κ1) is 20.8. The van der Waals surface area contributed by atoms with Gasteiger partial charge in [0.05, 0.1) is 0 Å². The highest BCUT2D eigenvalue weighted by molar-refractivity contribution is 5.49. The number of nitrogens with zero attached hydrogens (tertiary/aromatic N) is 2. The van der Waals surface area contributed by atoms with E-state index in [1.54, 1.807) is 0 Å². The van der Waals surface area contributed by atoms with E-state index in [-0.39, 0.29) is 0 Å². The molecule has 1 aliphatic rings. The molecule has 0 spiro atoms. The number of hydrogen-bond donors (Lipinski definition) is 0. The van der Waals surface area contributed by atoms with Crippen molar-refractivity contribution in [3.63, 3.8) is 0 Å². The molecule has 0 atom stereocenters. The molecule has 152 valence electrons. The van der Waals surface area contributed by atoms with Gasteiger partial charge < -0.3 is 9.80 Å². The van der Waals surface area contributed by atoms with Crippen LogP contribution in [0.3, 0.4) is 0 Å². The van der Waals surface area contributed by atoms with Crippen molar-refractivity contribution in [2.75, 3.05) is 36.0 Å². The van der Waals surface area contributed by atoms with Crippen LogP contribution in [0.5, 0.6) is 0 Å². The molecular weight excluding hydrogens is 340 g/mol. The van der Waals surface area contributed by atoms with Crippen molar-refractivity contribution in [2.24, 2.45) is 0 Å². The Morgan fingerprint density at radius 1 is 0.536 bits per heavy atom. The van der Waals surface area contributed by atoms with Crippen LogP contribution in [-0.4, -0.2) is 26.2 Å². The lowest BCUT2D eigenvalue weighted by Gasteiger charge is -2.30. The van der Waals surface area contributed by atoms with Gasteiger partial charge in [0.2, 0.25) is 0 Å². The quantitative estimate of drug-likeness (QED) is 0.497. The third-order valence-electron chi connectivity index (χ3n) is 6.71. The van der Waals surface area contributed by atoms with Crippen molar-refractivity contribution in [1.82, 2.24) is 0 Å². The number of anilines is 2. The van der Waals surface area contributed by atoms with E-state index < -0.39 is 0 Å². The van der Waals surface area contributed by atoms with Crippen molar-refractivity contribution in [1.29, 1.82) is 0 Å². The van der Waals surface area contributed by atoms with Crippen LogP contribution in [-0.2, 0) is 0 Å². The van der Waals surface area contributed by atoms with Gasteiger partial charge in [-0.2, -0.15) is 0 Å². The van der Waals surface area contributed by atoms with Gasteiger partial charge in [-0.05, 0) is 101 Å². The monoisotopic (exact) mass is 378 g/mol. The van der Waals surface area contributed by atoms with E-state index in [0.717, 1.165) is 38.0 Å². The standard InChI is InChI=1S/C26H38N2/c1-5-27(6-2)25-17-13-23(14-18-25)21-9-11-22(12-10-21)24-15-19-26(20-16-24)28(7-3)8-4/h13-22H,5-12H2,1-4H3. The third kappa shape index (κ3) is 4.71. The lowest BCUT2D eigenvalue weighted by atomic mass is 9.76. The van der Waals surface area contributed by atoms with E-state index in [0.29, 0.717) is 0 Å². The van der Waals surface area contributed by atoms with E-state index in [4.69, 9.17) is 0 Å². The molecule has 28 heavy (non-hydrogen) atoms. The Hall–Kier alpha value is -1.96. The summed E-state index contributed by atoms with van der Waals surface area (Å²) in [5.74, 6) is 1.47. The van der Waals surface area contributed by atoms with E-state index >= 15 is 0 Å². The Morgan fingerprint density at radius 2 is 0.821 bits per heavy atom. The van der Waals surface area contributed by atoms with E-state index in [2.05, 4.69) is 86.0 Å². The maximum absolute atomic E-state index is 2.42. The number of rotatable bonds is 8. The van der Waals surface area contributed by atoms with Crippen LogP contribution in [0.15, 0.2) is 48.5 Å². The van der Waals surface area contributed by atoms with E-state index in [1.807, 2.05) is 0 Å². The molecule has 0 unspecified atom stereocenters. The van der Waals surface area contributed by atoms with Crippen LogP contribution in [0.1, 0.15) is 76.3 Å². The first-order chi connectivity index (χ1) is 13.7. The van der Waals surface area contributed by atoms with Gasteiger partial charge in [-0.15, -0.1) is 0 Å². The SMILES string of the molecule is CCN(CC)c1ccc(C2CCC(c3ccc(N(CC)CC)cc3)CC2)cc1. The zero-order valence-electron chi connectivity index (χ0n) is 18.3. The average molecular weight is 379 g/mol. The maximum atomic E-state index is 2.42. The molecular formula is C26H38N2. The summed E-state index contributed by atoms with van der Waals surface area (Å²) in [6, 6.07) is 18.8. The summed E-state index contributed by atoms with van der Waals surface area (Å²) in [6.07, 6.45) is 5.25. The van der Waals surface area contributed by atoms with Crippen LogP contribution in [0.4, 0.5) is 11.4 Å². The molecule has 0 aromatic heterocycles. The Labute approximate surface area is 172 Å². The summed E-state index contributed by atoms with van der Waals surface area (Å²) in [4.78, 5) is 4.84. The van der Waals surface area contributed by atoms with Gasteiger partial charge in [0.1, 0.15) is 0 Å². The number of hydrogen-bond acceptors (Lipinski definition) is 2. The van der Waals surface area contributed by atoms with Gasteiger partial charge in [-0.3, -0.25) is 0 Å². The molecule has 1 saturated carbocycles. The Balaban J connectivity index is 1.58. The van der Waals surface area contributed by atoms with Crippen molar-refractivity contribution < 1.29 is 0 Å². The first-order valence-corrected chi connectivity index (χ1v) is 11.4. The predicted octanol–water partition coefficient (Wildman–Crippen LogP) is 6.82. The summed E-state index contributed by atoms with van der Waals surface area (Å²) >= 11 is 0. The van der Waals surface area contributed by atoms with Gasteiger partial charge >= 0.3 is 0 Å². The Kier molecular flexibility index (Phi) is 7.42. The molecule has 0 saturated heterocycles. The Bertz CT molecular complexity index is 625. The Morgan fingerprint density at radius 3 is 1.07 bits per heavy atom. The fourth-order valence-corrected chi connectivity index (χ4v) is 4.85. The van der Waals surface area contributed by atoms with Crippen LogP contribution < -0.4 is 9.80 Å². The zero-order chi connectivity index (χ0) is 19.9. The minimum Gasteiger partial charge on any atom is -0.372 e. The molecule has 3 rings (SSSR count). The molecule has 2 nitrogen and oxygen atoms in total. The molecule has 2 heteroatoms. The van der Waals surface area contributed by atoms with Gasteiger partial charge in [0.15, 0.2) is 0 Å². The topological polar surface area (TPSA) is 6.48 Å². The maximum Gasteiger partial charge on any atom is 0.0366 e. The van der Waals surface area contributed by atoms with Gasteiger partial charge in [-0.1, -0.05) is 24.3 Å². The second kappa shape index (κ2) is 10.0. The lowest BCUT2D eigenvalue weighted by molar-refractivity contribution is 0.396. The molecule has 2 aromatic carbocycles. The minimum absolute atomic E-state index is 0.733. The van der Waals surface area contributed by atoms with Gasteiger partial charge in [0.25, 0.3) is 0 Å². The summed E-state index contributed by atoms with van der Waals surface area (Å²) in [5.41, 5.74) is 5.78. The second-order valence-corrected chi connectivity index (χ2v) is 8.08. The highest BCUT2D eigenvalue weighted by Gasteiger charge is 2.23. The molecule has 0 aliphatic heterocycles. The van der Waals surface area contributed by atoms with Crippen LogP contribution in [0.2, 0.25) is 0 Å². The summed E-state index contributed by atoms with van der Waals surface area (Å²) < 4.78 is 0. The molecule has 0 N–H and O–H groups in total. The van der Waals surface area contributed by atoms with Crippen molar-refractivity contribution >= 4 is 11.4 Å². The van der Waals surface area contributed by atoms with Crippen LogP contribution in [0, 0.1) is 0 Å². The minimum atomic E-state index is 0.733. The van der Waals surface area contributed by atoms with E-state index in [9.17, 15) is 0 Å². The predicted molar refractivity (Wildman–Crippen MR) is 124 cm³/mol. The smallest absolute Gasteiger partial charge is 0.0366 e. The molecule has 0 heterocycles. The van der Waals surface area contributed by atoms with Crippen molar-refractivity contribution in [3.8, 4) is 0 Å². The lowest BCUT2D eigenvalue weighted by Crippen LogP contribution is -2.21. The molecule has 0 amide bonds. The van der Waals surface area contributed by atoms with Crippen molar-refractivity contribution in [3.05, 3.63) is 59.7 Å². The molecule has 0 radical (unpaired) electrons. The molecule has 0 bridgehead atoms. The fourth-order valence-electron chi connectivity index (χ4n) is 4.85. The normalized spacial score (nSPS) is 19.4. The summed E-state index contributed by atoms with van der Waals surface area (Å²) in [7, 11) is 0. The highest BCUT2D eigenvalue weighted by atomic mass is 15.1. The second-order valence-electron chi connectivity index (χ2n) is 8.08. The fraction of sp³-hybridized carbons (Fsp3) is 0.538. The largest absolute Gasteiger partial charge is 0.372 e. The molecule has 2 aromatic rings.